The van der Waals surface area contributed by atoms with Crippen LogP contribution in [0.5, 0.6) is 0 Å². The van der Waals surface area contributed by atoms with E-state index in [1.54, 1.807) is 64.2 Å². The molecule has 1 spiro atoms. The van der Waals surface area contributed by atoms with Crippen molar-refractivity contribution in [2.24, 2.45) is 45.8 Å². The highest BCUT2D eigenvalue weighted by molar-refractivity contribution is 5.13. The zero-order chi connectivity index (χ0) is 16.6. The van der Waals surface area contributed by atoms with E-state index in [0.29, 0.717) is 10.8 Å². The van der Waals surface area contributed by atoms with Crippen molar-refractivity contribution >= 4 is 0 Å². The summed E-state index contributed by atoms with van der Waals surface area (Å²) in [6, 6.07) is 0. The third kappa shape index (κ3) is 1.92. The lowest BCUT2D eigenvalue weighted by Crippen LogP contribution is -2.58. The van der Waals surface area contributed by atoms with E-state index in [1.807, 2.05) is 0 Å². The molecule has 5 saturated carbocycles. The fraction of sp³-hybridized carbons (Fsp3) is 1.00. The molecule has 136 valence electrons. The molecule has 0 heterocycles. The third-order valence-electron chi connectivity index (χ3n) is 11.0. The summed E-state index contributed by atoms with van der Waals surface area (Å²) in [7, 11) is 0. The third-order valence-corrected chi connectivity index (χ3v) is 11.0. The Kier molecular flexibility index (Phi) is 3.55. The van der Waals surface area contributed by atoms with Crippen LogP contribution >= 0.6 is 0 Å². The quantitative estimate of drug-likeness (QED) is 0.440. The Morgan fingerprint density at radius 3 is 2.46 bits per heavy atom. The van der Waals surface area contributed by atoms with Gasteiger partial charge in [-0.3, -0.25) is 0 Å². The minimum absolute atomic E-state index is 0.654. The van der Waals surface area contributed by atoms with Crippen LogP contribution in [0.25, 0.3) is 0 Å². The first-order valence-corrected chi connectivity index (χ1v) is 11.5. The molecule has 5 aliphatic carbocycles. The monoisotopic (exact) mass is 328 g/mol. The maximum Gasteiger partial charge on any atom is -0.0238 e. The molecule has 0 aliphatic heterocycles. The predicted octanol–water partition coefficient (Wildman–Crippen LogP) is 7.23. The average Bonchev–Trinajstić information content (AvgIpc) is 2.96. The van der Waals surface area contributed by atoms with Gasteiger partial charge in [-0.05, 0) is 110 Å². The Hall–Kier alpha value is 0. The molecule has 0 aromatic carbocycles. The van der Waals surface area contributed by atoms with Gasteiger partial charge >= 0.3 is 0 Å². The summed E-state index contributed by atoms with van der Waals surface area (Å²) in [5.74, 6) is 5.41. The molecule has 0 aromatic heterocycles. The van der Waals surface area contributed by atoms with Crippen molar-refractivity contribution in [1.29, 1.82) is 0 Å². The highest BCUT2D eigenvalue weighted by atomic mass is 14.7. The fourth-order valence-corrected chi connectivity index (χ4v) is 9.65. The molecule has 5 fully saturated rings. The van der Waals surface area contributed by atoms with Gasteiger partial charge in [0, 0.05) is 0 Å². The van der Waals surface area contributed by atoms with Crippen molar-refractivity contribution in [1.82, 2.24) is 0 Å². The van der Waals surface area contributed by atoms with E-state index in [-0.39, 0.29) is 0 Å². The highest BCUT2D eigenvalue weighted by Gasteiger charge is 2.64. The van der Waals surface area contributed by atoms with Crippen molar-refractivity contribution in [2.75, 3.05) is 0 Å². The standard InChI is InChI=1S/C24H40/c1-17-9-14-23(3)20-11-15-24-12-5-4-6-18(24)7-8-21(24)19(20)10-13-22(23,2)16-17/h17-21H,4-16H2,1-3H3/t17-,18?,19?,20?,21?,22+,23?,24?/m1/s1. The van der Waals surface area contributed by atoms with Gasteiger partial charge in [0.05, 0.1) is 0 Å². The molecule has 0 N–H and O–H groups in total. The van der Waals surface area contributed by atoms with E-state index in [0.717, 1.165) is 35.0 Å². The van der Waals surface area contributed by atoms with Gasteiger partial charge in [-0.2, -0.15) is 0 Å². The zero-order valence-electron chi connectivity index (χ0n) is 16.6. The number of hydrogen-bond acceptors (Lipinski definition) is 0. The van der Waals surface area contributed by atoms with Crippen molar-refractivity contribution in [2.45, 2.75) is 104 Å². The molecule has 5 rings (SSSR count). The van der Waals surface area contributed by atoms with Crippen molar-refractivity contribution in [3.05, 3.63) is 0 Å². The zero-order valence-corrected chi connectivity index (χ0v) is 16.6. The van der Waals surface area contributed by atoms with E-state index in [1.165, 1.54) is 19.3 Å². The Morgan fingerprint density at radius 2 is 1.58 bits per heavy atom. The van der Waals surface area contributed by atoms with E-state index in [4.69, 9.17) is 0 Å². The molecule has 0 heteroatoms. The SMILES string of the molecule is C[C@@H]1CCC2(C)C3CCC45CCCCC4CCC5C3CC[C@@]2(C)C1. The summed E-state index contributed by atoms with van der Waals surface area (Å²) < 4.78 is 0. The summed E-state index contributed by atoms with van der Waals surface area (Å²) in [6.45, 7) is 7.97. The topological polar surface area (TPSA) is 0 Å². The molecule has 0 radical (unpaired) electrons. The molecule has 0 amide bonds. The van der Waals surface area contributed by atoms with E-state index >= 15 is 0 Å². The summed E-state index contributed by atoms with van der Waals surface area (Å²) in [5.41, 5.74) is 2.14. The summed E-state index contributed by atoms with van der Waals surface area (Å²) in [6.07, 6.45) is 20.4. The van der Waals surface area contributed by atoms with Crippen molar-refractivity contribution in [3.63, 3.8) is 0 Å². The van der Waals surface area contributed by atoms with Crippen LogP contribution in [0.3, 0.4) is 0 Å². The molecule has 0 bridgehead atoms. The van der Waals surface area contributed by atoms with Gasteiger partial charge in [0.25, 0.3) is 0 Å². The van der Waals surface area contributed by atoms with Gasteiger partial charge in [0.15, 0.2) is 0 Å². The maximum atomic E-state index is 2.75. The number of fused-ring (bicyclic) bond motifs is 4. The Morgan fingerprint density at radius 1 is 0.708 bits per heavy atom. The summed E-state index contributed by atoms with van der Waals surface area (Å²) in [5, 5.41) is 0. The summed E-state index contributed by atoms with van der Waals surface area (Å²) in [4.78, 5) is 0. The van der Waals surface area contributed by atoms with Crippen LogP contribution in [0.2, 0.25) is 0 Å². The number of rotatable bonds is 0. The Balaban J connectivity index is 1.47. The first-order chi connectivity index (χ1) is 11.5. The van der Waals surface area contributed by atoms with Crippen LogP contribution in [0.1, 0.15) is 104 Å². The van der Waals surface area contributed by atoms with Crippen LogP contribution in [0, 0.1) is 45.8 Å². The molecule has 8 atom stereocenters. The van der Waals surface area contributed by atoms with Crippen LogP contribution in [-0.4, -0.2) is 0 Å². The van der Waals surface area contributed by atoms with Gasteiger partial charge in [0.1, 0.15) is 0 Å². The van der Waals surface area contributed by atoms with E-state index in [2.05, 4.69) is 20.8 Å². The van der Waals surface area contributed by atoms with Gasteiger partial charge in [-0.15, -0.1) is 0 Å². The second-order valence-corrected chi connectivity index (χ2v) is 11.5. The lowest BCUT2D eigenvalue weighted by Gasteiger charge is -2.66. The van der Waals surface area contributed by atoms with Gasteiger partial charge < -0.3 is 0 Å². The van der Waals surface area contributed by atoms with Crippen molar-refractivity contribution < 1.29 is 0 Å². The second kappa shape index (κ2) is 5.26. The Labute approximate surface area is 150 Å². The molecule has 6 unspecified atom stereocenters. The van der Waals surface area contributed by atoms with E-state index in [9.17, 15) is 0 Å². The maximum absolute atomic E-state index is 2.75. The molecular formula is C24H40. The fourth-order valence-electron chi connectivity index (χ4n) is 9.65. The largest absolute Gasteiger partial charge is 0.0625 e. The van der Waals surface area contributed by atoms with Crippen LogP contribution in [-0.2, 0) is 0 Å². The van der Waals surface area contributed by atoms with Crippen LogP contribution in [0.15, 0.2) is 0 Å². The first kappa shape index (κ1) is 16.2. The normalized spacial score (nSPS) is 59.9. The van der Waals surface area contributed by atoms with E-state index < -0.39 is 0 Å². The van der Waals surface area contributed by atoms with Crippen LogP contribution < -0.4 is 0 Å². The first-order valence-electron chi connectivity index (χ1n) is 11.5. The molecule has 5 aliphatic rings. The second-order valence-electron chi connectivity index (χ2n) is 11.5. The summed E-state index contributed by atoms with van der Waals surface area (Å²) >= 11 is 0. The van der Waals surface area contributed by atoms with Gasteiger partial charge in [-0.1, -0.05) is 40.0 Å². The molecular weight excluding hydrogens is 288 g/mol. The van der Waals surface area contributed by atoms with Gasteiger partial charge in [0.2, 0.25) is 0 Å². The smallest absolute Gasteiger partial charge is 0.0238 e. The molecule has 24 heavy (non-hydrogen) atoms. The minimum Gasteiger partial charge on any atom is -0.0625 e. The molecule has 0 aromatic rings. The highest BCUT2D eigenvalue weighted by Crippen LogP contribution is 2.72. The lowest BCUT2D eigenvalue weighted by molar-refractivity contribution is -0.166. The Bertz CT molecular complexity index is 508. The predicted molar refractivity (Wildman–Crippen MR) is 102 cm³/mol. The lowest BCUT2D eigenvalue weighted by atomic mass is 9.39. The number of hydrogen-bond donors (Lipinski definition) is 0. The minimum atomic E-state index is 0.654. The molecule has 0 nitrogen and oxygen atoms in total. The van der Waals surface area contributed by atoms with Crippen molar-refractivity contribution in [3.8, 4) is 0 Å². The van der Waals surface area contributed by atoms with Gasteiger partial charge in [-0.25, -0.2) is 0 Å². The average molecular weight is 329 g/mol. The molecule has 0 saturated heterocycles. The van der Waals surface area contributed by atoms with Crippen LogP contribution in [0.4, 0.5) is 0 Å².